The molecule has 0 saturated heterocycles. The lowest BCUT2D eigenvalue weighted by molar-refractivity contribution is 0.102. The monoisotopic (exact) mass is 485 g/mol. The van der Waals surface area contributed by atoms with Crippen LogP contribution in [-0.4, -0.2) is 50.1 Å². The van der Waals surface area contributed by atoms with Gasteiger partial charge in [0.15, 0.2) is 0 Å². The van der Waals surface area contributed by atoms with Gasteiger partial charge in [0.1, 0.15) is 29.3 Å². The molecule has 2 aromatic heterocycles. The third kappa shape index (κ3) is 4.37. The van der Waals surface area contributed by atoms with Gasteiger partial charge in [-0.3, -0.25) is 4.79 Å². The topological polar surface area (TPSA) is 109 Å². The highest BCUT2D eigenvalue weighted by Gasteiger charge is 2.23. The number of carbonyl (C=O) groups is 1. The number of aromatic nitrogens is 6. The van der Waals surface area contributed by atoms with Crippen molar-refractivity contribution in [1.29, 1.82) is 0 Å². The number of benzene rings is 3. The minimum atomic E-state index is -0.612. The molecule has 0 fully saturated rings. The summed E-state index contributed by atoms with van der Waals surface area (Å²) in [7, 11) is 3.07. The van der Waals surface area contributed by atoms with Crippen molar-refractivity contribution >= 4 is 11.6 Å². The van der Waals surface area contributed by atoms with Gasteiger partial charge in [-0.05, 0) is 52.9 Å². The zero-order valence-electron chi connectivity index (χ0n) is 19.3. The highest BCUT2D eigenvalue weighted by atomic mass is 19.1. The highest BCUT2D eigenvalue weighted by molar-refractivity contribution is 6.08. The van der Waals surface area contributed by atoms with E-state index >= 15 is 0 Å². The van der Waals surface area contributed by atoms with Gasteiger partial charge in [0.25, 0.3) is 5.91 Å². The second-order valence-electron chi connectivity index (χ2n) is 7.61. The standard InChI is InChI=1S/C25H20FN7O3/c1-35-18-9-10-19(23(13-18)36-2)24-20(14-32(29-24)16-6-4-3-5-7-16)25(34)28-22-12-17(8-11-21(22)26)33-15-27-30-31-33/h3-15H,1-2H3,(H,28,34). The van der Waals surface area contributed by atoms with Gasteiger partial charge in [0.05, 0.1) is 36.8 Å². The summed E-state index contributed by atoms with van der Waals surface area (Å²) in [5, 5.41) is 18.3. The van der Waals surface area contributed by atoms with Crippen LogP contribution < -0.4 is 14.8 Å². The fraction of sp³-hybridized carbons (Fsp3) is 0.0800. The van der Waals surface area contributed by atoms with Crippen molar-refractivity contribution in [3.63, 3.8) is 0 Å². The fourth-order valence-electron chi connectivity index (χ4n) is 3.67. The summed E-state index contributed by atoms with van der Waals surface area (Å²) in [6.07, 6.45) is 2.96. The maximum Gasteiger partial charge on any atom is 0.259 e. The number of tetrazole rings is 1. The molecule has 1 N–H and O–H groups in total. The van der Waals surface area contributed by atoms with Crippen molar-refractivity contribution in [3.8, 4) is 34.1 Å². The molecule has 5 rings (SSSR count). The van der Waals surface area contributed by atoms with E-state index in [1.54, 1.807) is 36.2 Å². The average Bonchev–Trinajstić information content (AvgIpc) is 3.61. The van der Waals surface area contributed by atoms with Gasteiger partial charge in [-0.15, -0.1) is 5.10 Å². The number of methoxy groups -OCH3 is 2. The molecule has 11 heteroatoms. The lowest BCUT2D eigenvalue weighted by Crippen LogP contribution is -2.14. The number of hydrogen-bond acceptors (Lipinski definition) is 7. The van der Waals surface area contributed by atoms with Crippen LogP contribution in [0.2, 0.25) is 0 Å². The van der Waals surface area contributed by atoms with Crippen molar-refractivity contribution in [2.75, 3.05) is 19.5 Å². The number of rotatable bonds is 7. The van der Waals surface area contributed by atoms with E-state index in [4.69, 9.17) is 9.47 Å². The first-order valence-corrected chi connectivity index (χ1v) is 10.8. The molecule has 0 aliphatic rings. The Morgan fingerprint density at radius 3 is 2.50 bits per heavy atom. The van der Waals surface area contributed by atoms with Gasteiger partial charge in [-0.25, -0.2) is 13.8 Å². The Kier molecular flexibility index (Phi) is 6.10. The minimum Gasteiger partial charge on any atom is -0.497 e. The molecule has 2 heterocycles. The second kappa shape index (κ2) is 9.66. The first-order chi connectivity index (χ1) is 17.6. The molecule has 0 spiro atoms. The van der Waals surface area contributed by atoms with Gasteiger partial charge in [-0.1, -0.05) is 18.2 Å². The largest absolute Gasteiger partial charge is 0.497 e. The van der Waals surface area contributed by atoms with Crippen LogP contribution in [0, 0.1) is 5.82 Å². The number of nitrogens with zero attached hydrogens (tertiary/aromatic N) is 6. The van der Waals surface area contributed by atoms with Crippen LogP contribution in [0.5, 0.6) is 11.5 Å². The maximum absolute atomic E-state index is 14.7. The normalized spacial score (nSPS) is 10.8. The van der Waals surface area contributed by atoms with Gasteiger partial charge in [0, 0.05) is 17.8 Å². The molecular weight excluding hydrogens is 465 g/mol. The molecule has 10 nitrogen and oxygen atoms in total. The molecule has 0 aliphatic carbocycles. The Morgan fingerprint density at radius 1 is 0.944 bits per heavy atom. The Bertz CT molecular complexity index is 1520. The number of ether oxygens (including phenoxy) is 2. The summed E-state index contributed by atoms with van der Waals surface area (Å²) in [4.78, 5) is 13.5. The molecule has 0 unspecified atom stereocenters. The second-order valence-corrected chi connectivity index (χ2v) is 7.61. The van der Waals surface area contributed by atoms with Gasteiger partial charge < -0.3 is 14.8 Å². The molecule has 0 radical (unpaired) electrons. The number of anilines is 1. The van der Waals surface area contributed by atoms with Crippen LogP contribution in [0.3, 0.4) is 0 Å². The van der Waals surface area contributed by atoms with E-state index in [0.29, 0.717) is 28.4 Å². The van der Waals surface area contributed by atoms with E-state index in [0.717, 1.165) is 5.69 Å². The van der Waals surface area contributed by atoms with Crippen LogP contribution >= 0.6 is 0 Å². The molecule has 0 aliphatic heterocycles. The number of amides is 1. The fourth-order valence-corrected chi connectivity index (χ4v) is 3.67. The molecule has 0 atom stereocenters. The van der Waals surface area contributed by atoms with Crippen molar-refractivity contribution in [2.45, 2.75) is 0 Å². The first kappa shape index (κ1) is 22.7. The lowest BCUT2D eigenvalue weighted by atomic mass is 10.1. The van der Waals surface area contributed by atoms with Crippen molar-refractivity contribution < 1.29 is 18.7 Å². The quantitative estimate of drug-likeness (QED) is 0.372. The van der Waals surface area contributed by atoms with E-state index in [1.165, 1.54) is 36.3 Å². The molecule has 1 amide bonds. The number of nitrogens with one attached hydrogen (secondary N) is 1. The van der Waals surface area contributed by atoms with Crippen LogP contribution in [0.25, 0.3) is 22.6 Å². The molecule has 3 aromatic carbocycles. The maximum atomic E-state index is 14.7. The zero-order chi connectivity index (χ0) is 25.1. The predicted octanol–water partition coefficient (Wildman–Crippen LogP) is 3.92. The zero-order valence-corrected chi connectivity index (χ0v) is 19.3. The van der Waals surface area contributed by atoms with Crippen LogP contribution in [-0.2, 0) is 0 Å². The van der Waals surface area contributed by atoms with Crippen LogP contribution in [0.1, 0.15) is 10.4 Å². The Balaban J connectivity index is 1.58. The lowest BCUT2D eigenvalue weighted by Gasteiger charge is -2.11. The summed E-state index contributed by atoms with van der Waals surface area (Å²) in [6.45, 7) is 0. The molecule has 36 heavy (non-hydrogen) atoms. The van der Waals surface area contributed by atoms with Crippen molar-refractivity contribution in [2.24, 2.45) is 0 Å². The van der Waals surface area contributed by atoms with Crippen LogP contribution in [0.4, 0.5) is 10.1 Å². The number of halogens is 1. The predicted molar refractivity (Wildman–Crippen MR) is 129 cm³/mol. The van der Waals surface area contributed by atoms with Crippen molar-refractivity contribution in [3.05, 3.63) is 90.6 Å². The molecule has 5 aromatic rings. The van der Waals surface area contributed by atoms with E-state index in [9.17, 15) is 9.18 Å². The molecular formula is C25H20FN7O3. The summed E-state index contributed by atoms with van der Waals surface area (Å²) < 4.78 is 28.4. The number of para-hydroxylation sites is 1. The van der Waals surface area contributed by atoms with Crippen molar-refractivity contribution in [1.82, 2.24) is 30.0 Å². The number of hydrogen-bond donors (Lipinski definition) is 1. The smallest absolute Gasteiger partial charge is 0.259 e. The van der Waals surface area contributed by atoms with Gasteiger partial charge in [-0.2, -0.15) is 5.10 Å². The molecule has 0 saturated carbocycles. The SMILES string of the molecule is COc1ccc(-c2nn(-c3ccccc3)cc2C(=O)Nc2cc(-n3cnnn3)ccc2F)c(OC)c1. The van der Waals surface area contributed by atoms with Gasteiger partial charge >= 0.3 is 0 Å². The van der Waals surface area contributed by atoms with E-state index in [2.05, 4.69) is 25.9 Å². The first-order valence-electron chi connectivity index (χ1n) is 10.8. The Labute approximate surface area is 204 Å². The highest BCUT2D eigenvalue weighted by Crippen LogP contribution is 2.35. The van der Waals surface area contributed by atoms with Gasteiger partial charge in [0.2, 0.25) is 0 Å². The summed E-state index contributed by atoms with van der Waals surface area (Å²) in [6, 6.07) is 18.7. The Morgan fingerprint density at radius 2 is 1.78 bits per heavy atom. The minimum absolute atomic E-state index is 0.0342. The third-order valence-corrected chi connectivity index (χ3v) is 5.46. The van der Waals surface area contributed by atoms with E-state index in [1.807, 2.05) is 30.3 Å². The number of carbonyl (C=O) groups excluding carboxylic acids is 1. The summed E-state index contributed by atoms with van der Waals surface area (Å²) in [5.41, 5.74) is 2.34. The third-order valence-electron chi connectivity index (χ3n) is 5.46. The van der Waals surface area contributed by atoms with E-state index < -0.39 is 11.7 Å². The van der Waals surface area contributed by atoms with Crippen LogP contribution in [0.15, 0.2) is 79.3 Å². The molecule has 180 valence electrons. The Hall–Kier alpha value is -5.06. The average molecular weight is 485 g/mol. The summed E-state index contributed by atoms with van der Waals surface area (Å²) in [5.74, 6) is -0.115. The molecule has 0 bridgehead atoms. The van der Waals surface area contributed by atoms with E-state index in [-0.39, 0.29) is 11.3 Å². The summed E-state index contributed by atoms with van der Waals surface area (Å²) >= 11 is 0.